The van der Waals surface area contributed by atoms with Crippen LogP contribution in [0.4, 0.5) is 0 Å². The average molecular weight is 274 g/mol. The van der Waals surface area contributed by atoms with E-state index in [-0.39, 0.29) is 11.5 Å². The number of nitriles is 1. The molecular weight excluding hydrogens is 248 g/mol. The lowest BCUT2D eigenvalue weighted by molar-refractivity contribution is 0.267. The zero-order chi connectivity index (χ0) is 15.1. The zero-order valence-electron chi connectivity index (χ0n) is 13.6. The van der Waals surface area contributed by atoms with Crippen LogP contribution < -0.4 is 0 Å². The molecule has 1 atom stereocenters. The highest BCUT2D eigenvalue weighted by atomic mass is 15.3. The van der Waals surface area contributed by atoms with Crippen molar-refractivity contribution in [2.45, 2.75) is 47.6 Å². The van der Waals surface area contributed by atoms with Gasteiger partial charge in [0.1, 0.15) is 5.84 Å². The Morgan fingerprint density at radius 2 is 1.95 bits per heavy atom. The monoisotopic (exact) mass is 274 g/mol. The first-order valence-corrected chi connectivity index (χ1v) is 7.49. The van der Waals surface area contributed by atoms with E-state index in [0.717, 1.165) is 19.6 Å². The van der Waals surface area contributed by atoms with Crippen LogP contribution in [0.5, 0.6) is 0 Å². The molecule has 1 fully saturated rings. The summed E-state index contributed by atoms with van der Waals surface area (Å²) in [5.74, 6) is 1.63. The molecule has 2 aliphatic heterocycles. The van der Waals surface area contributed by atoms with Gasteiger partial charge in [-0.05, 0) is 18.4 Å². The first-order chi connectivity index (χ1) is 9.25. The van der Waals surface area contributed by atoms with Gasteiger partial charge in [0, 0.05) is 24.2 Å². The second kappa shape index (κ2) is 5.12. The number of amidine groups is 1. The molecule has 0 aromatic heterocycles. The molecule has 2 rings (SSSR count). The lowest BCUT2D eigenvalue weighted by atomic mass is 9.86. The first-order valence-electron chi connectivity index (χ1n) is 7.49. The Labute approximate surface area is 122 Å². The topological polar surface area (TPSA) is 42.6 Å². The minimum absolute atomic E-state index is 0.0385. The molecule has 0 radical (unpaired) electrons. The molecule has 0 unspecified atom stereocenters. The largest absolute Gasteiger partial charge is 0.330 e. The quantitative estimate of drug-likeness (QED) is 0.691. The number of hydrogen-bond donors (Lipinski definition) is 0. The summed E-state index contributed by atoms with van der Waals surface area (Å²) >= 11 is 0. The van der Waals surface area contributed by atoms with Gasteiger partial charge < -0.3 is 9.80 Å². The van der Waals surface area contributed by atoms with E-state index >= 15 is 0 Å². The fourth-order valence-electron chi connectivity index (χ4n) is 3.25. The molecule has 0 aliphatic carbocycles. The molecule has 2 aliphatic rings. The number of hydrogen-bond acceptors (Lipinski definition) is 4. The Kier molecular flexibility index (Phi) is 3.82. The van der Waals surface area contributed by atoms with Gasteiger partial charge in [-0.3, -0.25) is 4.99 Å². The third-order valence-electron chi connectivity index (χ3n) is 4.05. The average Bonchev–Trinajstić information content (AvgIpc) is 2.35. The summed E-state index contributed by atoms with van der Waals surface area (Å²) in [4.78, 5) is 9.19. The lowest BCUT2D eigenvalue weighted by Crippen LogP contribution is -2.52. The van der Waals surface area contributed by atoms with Gasteiger partial charge in [-0.25, -0.2) is 0 Å². The van der Waals surface area contributed by atoms with Crippen molar-refractivity contribution in [1.29, 1.82) is 5.26 Å². The van der Waals surface area contributed by atoms with Crippen LogP contribution in [0.1, 0.15) is 41.5 Å². The van der Waals surface area contributed by atoms with Crippen LogP contribution in [0.25, 0.3) is 0 Å². The van der Waals surface area contributed by atoms with Crippen LogP contribution >= 0.6 is 0 Å². The van der Waals surface area contributed by atoms with Crippen molar-refractivity contribution < 1.29 is 0 Å². The van der Waals surface area contributed by atoms with E-state index in [2.05, 4.69) is 52.6 Å². The van der Waals surface area contributed by atoms with Gasteiger partial charge in [-0.1, -0.05) is 34.6 Å². The van der Waals surface area contributed by atoms with Crippen LogP contribution in [0.3, 0.4) is 0 Å². The van der Waals surface area contributed by atoms with Gasteiger partial charge >= 0.3 is 0 Å². The molecule has 0 saturated carbocycles. The van der Waals surface area contributed by atoms with Crippen LogP contribution in [-0.4, -0.2) is 41.3 Å². The van der Waals surface area contributed by atoms with Crippen molar-refractivity contribution in [1.82, 2.24) is 9.80 Å². The number of nitrogens with zero attached hydrogens (tertiary/aromatic N) is 4. The standard InChI is InChI=1S/C16H26N4/c1-11(2)14-12(3)18-15(16(4,5)6)20-8-7-19(10-17)9-13(14)20/h11-12H,7-9H2,1-6H3/t12-/m0/s1. The normalized spacial score (nSPS) is 23.7. The smallest absolute Gasteiger partial charge is 0.179 e. The molecule has 1 saturated heterocycles. The van der Waals surface area contributed by atoms with E-state index < -0.39 is 0 Å². The number of fused-ring (bicyclic) bond motifs is 1. The summed E-state index contributed by atoms with van der Waals surface area (Å²) in [6.45, 7) is 15.6. The van der Waals surface area contributed by atoms with Crippen molar-refractivity contribution in [2.24, 2.45) is 16.3 Å². The van der Waals surface area contributed by atoms with E-state index in [9.17, 15) is 5.26 Å². The maximum atomic E-state index is 9.20. The van der Waals surface area contributed by atoms with Crippen LogP contribution in [0.2, 0.25) is 0 Å². The lowest BCUT2D eigenvalue weighted by Gasteiger charge is -2.45. The summed E-state index contributed by atoms with van der Waals surface area (Å²) in [6.07, 6.45) is 2.30. The van der Waals surface area contributed by atoms with Crippen molar-refractivity contribution in [3.63, 3.8) is 0 Å². The second-order valence-corrected chi connectivity index (χ2v) is 7.11. The molecule has 0 aromatic rings. The van der Waals surface area contributed by atoms with Crippen molar-refractivity contribution in [2.75, 3.05) is 19.6 Å². The van der Waals surface area contributed by atoms with E-state index in [1.165, 1.54) is 17.1 Å². The molecule has 0 bridgehead atoms. The summed E-state index contributed by atoms with van der Waals surface area (Å²) in [7, 11) is 0. The van der Waals surface area contributed by atoms with Crippen LogP contribution in [-0.2, 0) is 0 Å². The molecule has 110 valence electrons. The fraction of sp³-hybridized carbons (Fsp3) is 0.750. The van der Waals surface area contributed by atoms with Gasteiger partial charge in [-0.15, -0.1) is 0 Å². The summed E-state index contributed by atoms with van der Waals surface area (Å²) in [5, 5.41) is 9.20. The van der Waals surface area contributed by atoms with Gasteiger partial charge in [0.2, 0.25) is 0 Å². The molecule has 0 amide bonds. The van der Waals surface area contributed by atoms with Crippen molar-refractivity contribution in [3.05, 3.63) is 11.3 Å². The Morgan fingerprint density at radius 3 is 2.45 bits per heavy atom. The van der Waals surface area contributed by atoms with Gasteiger partial charge in [0.15, 0.2) is 6.19 Å². The Morgan fingerprint density at radius 1 is 1.30 bits per heavy atom. The Bertz CT molecular complexity index is 488. The molecule has 0 N–H and O–H groups in total. The molecule has 2 heterocycles. The third-order valence-corrected chi connectivity index (χ3v) is 4.05. The van der Waals surface area contributed by atoms with Gasteiger partial charge in [-0.2, -0.15) is 5.26 Å². The number of aliphatic imine (C=N–C) groups is 1. The van der Waals surface area contributed by atoms with E-state index in [0.29, 0.717) is 5.92 Å². The Hall–Kier alpha value is -1.50. The number of piperazine rings is 1. The molecule has 20 heavy (non-hydrogen) atoms. The SMILES string of the molecule is CC(C)C1=C2CN(C#N)CCN2C(C(C)(C)C)=N[C@H]1C. The van der Waals surface area contributed by atoms with E-state index in [1.54, 1.807) is 0 Å². The van der Waals surface area contributed by atoms with Crippen LogP contribution in [0.15, 0.2) is 16.3 Å². The fourth-order valence-corrected chi connectivity index (χ4v) is 3.25. The van der Waals surface area contributed by atoms with Crippen molar-refractivity contribution in [3.8, 4) is 6.19 Å². The third kappa shape index (κ3) is 2.54. The summed E-state index contributed by atoms with van der Waals surface area (Å²) in [5.41, 5.74) is 2.73. The predicted octanol–water partition coefficient (Wildman–Crippen LogP) is 2.84. The van der Waals surface area contributed by atoms with Crippen LogP contribution in [0, 0.1) is 22.8 Å². The molecule has 4 heteroatoms. The first kappa shape index (κ1) is 14.9. The highest BCUT2D eigenvalue weighted by Crippen LogP contribution is 2.35. The van der Waals surface area contributed by atoms with Crippen molar-refractivity contribution >= 4 is 5.84 Å². The highest BCUT2D eigenvalue weighted by molar-refractivity contribution is 5.90. The van der Waals surface area contributed by atoms with E-state index in [1.807, 2.05) is 4.90 Å². The molecule has 4 nitrogen and oxygen atoms in total. The highest BCUT2D eigenvalue weighted by Gasteiger charge is 2.37. The van der Waals surface area contributed by atoms with E-state index in [4.69, 9.17) is 4.99 Å². The predicted molar refractivity (Wildman–Crippen MR) is 82.1 cm³/mol. The Balaban J connectivity index is 2.47. The number of rotatable bonds is 1. The molecule has 0 spiro atoms. The maximum absolute atomic E-state index is 9.20. The molecular formula is C16H26N4. The second-order valence-electron chi connectivity index (χ2n) is 7.11. The maximum Gasteiger partial charge on any atom is 0.179 e. The van der Waals surface area contributed by atoms with Gasteiger partial charge in [0.25, 0.3) is 0 Å². The summed E-state index contributed by atoms with van der Waals surface area (Å²) < 4.78 is 0. The zero-order valence-corrected chi connectivity index (χ0v) is 13.6. The minimum Gasteiger partial charge on any atom is -0.330 e. The summed E-state index contributed by atoms with van der Waals surface area (Å²) in [6, 6.07) is 0.217. The molecule has 0 aromatic carbocycles. The minimum atomic E-state index is 0.0385. The van der Waals surface area contributed by atoms with Gasteiger partial charge in [0.05, 0.1) is 12.6 Å².